The second-order valence-corrected chi connectivity index (χ2v) is 6.55. The van der Waals surface area contributed by atoms with Crippen molar-refractivity contribution in [3.8, 4) is 0 Å². The van der Waals surface area contributed by atoms with Gasteiger partial charge in [0.2, 0.25) is 0 Å². The van der Waals surface area contributed by atoms with E-state index in [-0.39, 0.29) is 24.0 Å². The smallest absolute Gasteiger partial charge is 0.193 e. The van der Waals surface area contributed by atoms with Crippen molar-refractivity contribution >= 4 is 35.6 Å². The van der Waals surface area contributed by atoms with Crippen LogP contribution in [0.4, 0.5) is 5.69 Å². The number of anilines is 1. The molecule has 1 aromatic carbocycles. The summed E-state index contributed by atoms with van der Waals surface area (Å²) in [4.78, 5) is 9.23. The lowest BCUT2D eigenvalue weighted by atomic mass is 10.1. The van der Waals surface area contributed by atoms with Crippen LogP contribution in [0.15, 0.2) is 46.0 Å². The number of rotatable bonds is 4. The monoisotopic (exact) mass is 468 g/mol. The largest absolute Gasteiger partial charge is 0.469 e. The Labute approximate surface area is 173 Å². The first-order chi connectivity index (χ1) is 12.2. The Morgan fingerprint density at radius 3 is 2.50 bits per heavy atom. The fraction of sp³-hybridized carbons (Fsp3) is 0.450. The Morgan fingerprint density at radius 2 is 1.88 bits per heavy atom. The fourth-order valence-corrected chi connectivity index (χ4v) is 3.18. The van der Waals surface area contributed by atoms with Crippen molar-refractivity contribution in [3.63, 3.8) is 0 Å². The van der Waals surface area contributed by atoms with Crippen molar-refractivity contribution in [2.24, 2.45) is 4.99 Å². The van der Waals surface area contributed by atoms with E-state index in [0.717, 1.165) is 50.9 Å². The molecule has 0 spiro atoms. The maximum Gasteiger partial charge on any atom is 0.193 e. The number of piperazine rings is 1. The minimum Gasteiger partial charge on any atom is -0.469 e. The number of aryl methyl sites for hydroxylation is 2. The molecular weight excluding hydrogens is 439 g/mol. The summed E-state index contributed by atoms with van der Waals surface area (Å²) in [5.74, 6) is 1.98. The van der Waals surface area contributed by atoms with E-state index < -0.39 is 0 Å². The van der Waals surface area contributed by atoms with Crippen LogP contribution < -0.4 is 10.2 Å². The Morgan fingerprint density at radius 1 is 1.12 bits per heavy atom. The van der Waals surface area contributed by atoms with Gasteiger partial charge in [0.05, 0.1) is 6.26 Å². The van der Waals surface area contributed by atoms with Crippen molar-refractivity contribution in [2.75, 3.05) is 44.7 Å². The molecule has 142 valence electrons. The number of benzene rings is 1. The number of guanidine groups is 1. The molecule has 3 rings (SSSR count). The second kappa shape index (κ2) is 9.85. The highest BCUT2D eigenvalue weighted by molar-refractivity contribution is 14.0. The number of aliphatic imine (C=N–C) groups is 1. The maximum absolute atomic E-state index is 5.38. The van der Waals surface area contributed by atoms with Gasteiger partial charge in [0, 0.05) is 51.9 Å². The summed E-state index contributed by atoms with van der Waals surface area (Å²) in [6.45, 7) is 9.16. The lowest BCUT2D eigenvalue weighted by Gasteiger charge is -2.37. The first-order valence-electron chi connectivity index (χ1n) is 8.97. The van der Waals surface area contributed by atoms with E-state index in [1.807, 2.05) is 19.2 Å². The highest BCUT2D eigenvalue weighted by atomic mass is 127. The average Bonchev–Trinajstić information content (AvgIpc) is 3.15. The molecule has 0 aliphatic carbocycles. The van der Waals surface area contributed by atoms with Gasteiger partial charge < -0.3 is 19.5 Å². The third-order valence-corrected chi connectivity index (χ3v) is 4.88. The zero-order valence-electron chi connectivity index (χ0n) is 15.9. The fourth-order valence-electron chi connectivity index (χ4n) is 3.18. The van der Waals surface area contributed by atoms with Gasteiger partial charge in [-0.05, 0) is 49.2 Å². The van der Waals surface area contributed by atoms with Crippen LogP contribution in [0.25, 0.3) is 0 Å². The van der Waals surface area contributed by atoms with E-state index in [1.54, 1.807) is 6.26 Å². The van der Waals surface area contributed by atoms with Crippen LogP contribution in [-0.4, -0.2) is 50.6 Å². The van der Waals surface area contributed by atoms with Gasteiger partial charge >= 0.3 is 0 Å². The zero-order valence-corrected chi connectivity index (χ0v) is 18.2. The summed E-state index contributed by atoms with van der Waals surface area (Å²) in [5.41, 5.74) is 4.03. The van der Waals surface area contributed by atoms with Crippen LogP contribution in [0.2, 0.25) is 0 Å². The van der Waals surface area contributed by atoms with Crippen molar-refractivity contribution in [1.82, 2.24) is 10.2 Å². The van der Waals surface area contributed by atoms with E-state index in [4.69, 9.17) is 4.42 Å². The number of hydrogen-bond acceptors (Lipinski definition) is 3. The van der Waals surface area contributed by atoms with Gasteiger partial charge in [-0.3, -0.25) is 4.99 Å². The topological polar surface area (TPSA) is 44.0 Å². The van der Waals surface area contributed by atoms with E-state index in [2.05, 4.69) is 52.2 Å². The molecule has 1 saturated heterocycles. The molecule has 6 heteroatoms. The molecule has 26 heavy (non-hydrogen) atoms. The number of furan rings is 1. The minimum atomic E-state index is 0. The van der Waals surface area contributed by atoms with Crippen LogP contribution in [0.1, 0.15) is 16.9 Å². The number of halogens is 1. The van der Waals surface area contributed by atoms with E-state index >= 15 is 0 Å². The first-order valence-corrected chi connectivity index (χ1v) is 8.97. The molecule has 0 atom stereocenters. The predicted octanol–water partition coefficient (Wildman–Crippen LogP) is 3.45. The summed E-state index contributed by atoms with van der Waals surface area (Å²) >= 11 is 0. The summed E-state index contributed by atoms with van der Waals surface area (Å²) in [5, 5.41) is 3.45. The SMILES string of the molecule is CN=C(NCCc1ccco1)N1CCN(c2ccc(C)c(C)c2)CC1.I. The van der Waals surface area contributed by atoms with Crippen molar-refractivity contribution in [1.29, 1.82) is 0 Å². The minimum absolute atomic E-state index is 0. The molecule has 1 aliphatic rings. The molecule has 0 saturated carbocycles. The van der Waals surface area contributed by atoms with Crippen LogP contribution in [0.3, 0.4) is 0 Å². The molecule has 0 bridgehead atoms. The molecule has 1 aliphatic heterocycles. The van der Waals surface area contributed by atoms with E-state index in [1.165, 1.54) is 16.8 Å². The summed E-state index contributed by atoms with van der Waals surface area (Å²) in [7, 11) is 1.85. The van der Waals surface area contributed by atoms with Gasteiger partial charge in [-0.25, -0.2) is 0 Å². The summed E-state index contributed by atoms with van der Waals surface area (Å²) < 4.78 is 5.38. The third-order valence-electron chi connectivity index (χ3n) is 4.88. The number of nitrogens with zero attached hydrogens (tertiary/aromatic N) is 3. The molecule has 1 aromatic heterocycles. The molecule has 0 radical (unpaired) electrons. The van der Waals surface area contributed by atoms with Crippen molar-refractivity contribution in [2.45, 2.75) is 20.3 Å². The second-order valence-electron chi connectivity index (χ2n) is 6.55. The van der Waals surface area contributed by atoms with Gasteiger partial charge in [0.15, 0.2) is 5.96 Å². The molecule has 1 fully saturated rings. The van der Waals surface area contributed by atoms with Gasteiger partial charge in [-0.15, -0.1) is 24.0 Å². The lowest BCUT2D eigenvalue weighted by Crippen LogP contribution is -2.52. The Bertz CT molecular complexity index is 707. The normalized spacial score (nSPS) is 15.0. The average molecular weight is 468 g/mol. The van der Waals surface area contributed by atoms with Gasteiger partial charge in [0.1, 0.15) is 5.76 Å². The number of nitrogens with one attached hydrogen (secondary N) is 1. The van der Waals surface area contributed by atoms with Gasteiger partial charge in [-0.2, -0.15) is 0 Å². The third kappa shape index (κ3) is 5.16. The standard InChI is InChI=1S/C20H28N4O.HI/c1-16-6-7-18(15-17(16)2)23-10-12-24(13-11-23)20(21-3)22-9-8-19-5-4-14-25-19;/h4-7,14-15H,8-13H2,1-3H3,(H,21,22);1H. The van der Waals surface area contributed by atoms with Crippen molar-refractivity contribution in [3.05, 3.63) is 53.5 Å². The molecule has 0 amide bonds. The Kier molecular flexibility index (Phi) is 7.81. The summed E-state index contributed by atoms with van der Waals surface area (Å²) in [6, 6.07) is 10.7. The maximum atomic E-state index is 5.38. The predicted molar refractivity (Wildman–Crippen MR) is 119 cm³/mol. The van der Waals surface area contributed by atoms with Gasteiger partial charge in [0.25, 0.3) is 0 Å². The van der Waals surface area contributed by atoms with E-state index in [0.29, 0.717) is 0 Å². The quantitative estimate of drug-likeness (QED) is 0.424. The van der Waals surface area contributed by atoms with Gasteiger partial charge in [-0.1, -0.05) is 6.07 Å². The van der Waals surface area contributed by atoms with Crippen LogP contribution >= 0.6 is 24.0 Å². The first kappa shape index (κ1) is 20.6. The molecule has 1 N–H and O–H groups in total. The molecule has 5 nitrogen and oxygen atoms in total. The Balaban J connectivity index is 0.00000243. The van der Waals surface area contributed by atoms with Crippen LogP contribution in [0.5, 0.6) is 0 Å². The number of hydrogen-bond donors (Lipinski definition) is 1. The summed E-state index contributed by atoms with van der Waals surface area (Å²) in [6.07, 6.45) is 2.59. The zero-order chi connectivity index (χ0) is 17.6. The van der Waals surface area contributed by atoms with Crippen LogP contribution in [-0.2, 0) is 6.42 Å². The van der Waals surface area contributed by atoms with Crippen LogP contribution in [0, 0.1) is 13.8 Å². The van der Waals surface area contributed by atoms with Crippen molar-refractivity contribution < 1.29 is 4.42 Å². The molecule has 2 heterocycles. The van der Waals surface area contributed by atoms with E-state index in [9.17, 15) is 0 Å². The lowest BCUT2D eigenvalue weighted by molar-refractivity contribution is 0.372. The molecular formula is C20H29IN4O. The Hall–Kier alpha value is -1.70. The highest BCUT2D eigenvalue weighted by Gasteiger charge is 2.20. The highest BCUT2D eigenvalue weighted by Crippen LogP contribution is 2.20. The molecule has 2 aromatic rings. The molecule has 0 unspecified atom stereocenters.